The minimum Gasteiger partial charge on any atom is -0.393 e. The fraction of sp³-hybridized carbons (Fsp3) is 0.419. The number of likely N-dealkylation sites (N-methyl/N-ethyl adjacent to an activating group) is 1. The second-order valence-electron chi connectivity index (χ2n) is 11.5. The first-order chi connectivity index (χ1) is 19.9. The van der Waals surface area contributed by atoms with Crippen LogP contribution >= 0.6 is 0 Å². The molecule has 1 aliphatic rings. The quantitative estimate of drug-likeness (QED) is 0.278. The van der Waals surface area contributed by atoms with Crippen molar-refractivity contribution in [3.8, 4) is 11.1 Å². The molecule has 0 atom stereocenters. The summed E-state index contributed by atoms with van der Waals surface area (Å²) in [6.07, 6.45) is -6.46. The van der Waals surface area contributed by atoms with Gasteiger partial charge in [-0.15, -0.1) is 0 Å². The predicted octanol–water partition coefficient (Wildman–Crippen LogP) is 7.89. The zero-order valence-corrected chi connectivity index (χ0v) is 24.0. The summed E-state index contributed by atoms with van der Waals surface area (Å²) in [5, 5.41) is 13.1. The molecule has 5 nitrogen and oxygen atoms in total. The molecule has 0 spiro atoms. The lowest BCUT2D eigenvalue weighted by Crippen LogP contribution is -2.42. The molecule has 3 aromatic rings. The molecule has 0 radical (unpaired) electrons. The average Bonchev–Trinajstić information content (AvgIpc) is 2.92. The summed E-state index contributed by atoms with van der Waals surface area (Å²) in [7, 11) is 1.36. The van der Waals surface area contributed by atoms with Crippen LogP contribution in [0, 0.1) is 12.7 Å². The Hall–Kier alpha value is -3.67. The summed E-state index contributed by atoms with van der Waals surface area (Å²) in [5.41, 5.74) is -3.56. The average molecular weight is 612 g/mol. The third-order valence-electron chi connectivity index (χ3n) is 7.92. The number of aliphatic hydroxyl groups excluding tert-OH is 1. The lowest BCUT2D eigenvalue weighted by molar-refractivity contribution is -0.143. The van der Waals surface area contributed by atoms with Crippen molar-refractivity contribution in [2.45, 2.75) is 76.4 Å². The Balaban J connectivity index is 1.77. The number of aromatic nitrogens is 1. The number of nitrogens with one attached hydrogen (secondary N) is 1. The van der Waals surface area contributed by atoms with Crippen LogP contribution < -0.4 is 10.2 Å². The minimum atomic E-state index is -5.07. The fourth-order valence-corrected chi connectivity index (χ4v) is 5.34. The monoisotopic (exact) mass is 611 g/mol. The maximum Gasteiger partial charge on any atom is 0.416 e. The lowest BCUT2D eigenvalue weighted by atomic mass is 9.81. The van der Waals surface area contributed by atoms with Crippen LogP contribution in [-0.4, -0.2) is 35.2 Å². The van der Waals surface area contributed by atoms with Gasteiger partial charge < -0.3 is 15.3 Å². The van der Waals surface area contributed by atoms with Crippen molar-refractivity contribution in [2.24, 2.45) is 0 Å². The van der Waals surface area contributed by atoms with Crippen molar-refractivity contribution in [1.82, 2.24) is 4.98 Å². The van der Waals surface area contributed by atoms with E-state index in [0.29, 0.717) is 60.3 Å². The summed E-state index contributed by atoms with van der Waals surface area (Å²) in [6.45, 7) is 4.18. The highest BCUT2D eigenvalue weighted by Gasteiger charge is 2.41. The minimum absolute atomic E-state index is 0.0197. The maximum absolute atomic E-state index is 14.0. The highest BCUT2D eigenvalue weighted by Crippen LogP contribution is 2.41. The molecular formula is C31H32F7N3O2. The third kappa shape index (κ3) is 7.11. The van der Waals surface area contributed by atoms with Crippen LogP contribution in [0.15, 0.2) is 48.7 Å². The van der Waals surface area contributed by atoms with Crippen LogP contribution in [0.1, 0.15) is 61.8 Å². The van der Waals surface area contributed by atoms with E-state index >= 15 is 0 Å². The smallest absolute Gasteiger partial charge is 0.393 e. The van der Waals surface area contributed by atoms with Crippen LogP contribution in [0.5, 0.6) is 0 Å². The Labute approximate surface area is 244 Å². The van der Waals surface area contributed by atoms with Crippen LogP contribution in [-0.2, 0) is 22.6 Å². The van der Waals surface area contributed by atoms with Gasteiger partial charge in [-0.3, -0.25) is 4.79 Å². The molecule has 43 heavy (non-hydrogen) atoms. The van der Waals surface area contributed by atoms with Crippen molar-refractivity contribution in [3.63, 3.8) is 0 Å². The number of anilines is 2. The molecule has 1 aliphatic carbocycles. The molecule has 4 rings (SSSR count). The molecule has 0 saturated heterocycles. The number of aryl methyl sites for hydroxylation is 1. The van der Waals surface area contributed by atoms with Gasteiger partial charge in [0, 0.05) is 18.7 Å². The highest BCUT2D eigenvalue weighted by atomic mass is 19.4. The van der Waals surface area contributed by atoms with Crippen LogP contribution in [0.2, 0.25) is 0 Å². The van der Waals surface area contributed by atoms with Crippen LogP contribution in [0.3, 0.4) is 0 Å². The van der Waals surface area contributed by atoms with Gasteiger partial charge >= 0.3 is 12.4 Å². The number of carbonyl (C=O) groups is 1. The maximum atomic E-state index is 14.0. The van der Waals surface area contributed by atoms with Gasteiger partial charge in [-0.05, 0) is 99.5 Å². The van der Waals surface area contributed by atoms with Gasteiger partial charge in [0.2, 0.25) is 5.91 Å². The first-order valence-corrected chi connectivity index (χ1v) is 13.7. The van der Waals surface area contributed by atoms with Crippen molar-refractivity contribution >= 4 is 17.4 Å². The second kappa shape index (κ2) is 11.8. The van der Waals surface area contributed by atoms with Crippen molar-refractivity contribution in [1.29, 1.82) is 0 Å². The number of rotatable bonds is 6. The highest BCUT2D eigenvalue weighted by molar-refractivity contribution is 6.03. The molecule has 1 amide bonds. The standard InChI is InChI=1S/C31H32F7N3O2/c1-17-11-21(32)5-10-24(17)25-15-27(40-22-6-8-23(42)9-7-22)39-16-26(25)41(4)28(43)29(2,3)18-12-19(30(33,34)35)14-20(13-18)31(36,37)38/h5,10-16,22-23,42H,6-9H2,1-4H3,(H,39,40). The van der Waals surface area contributed by atoms with Gasteiger partial charge in [0.25, 0.3) is 0 Å². The molecule has 1 aromatic heterocycles. The zero-order valence-electron chi connectivity index (χ0n) is 24.0. The Morgan fingerprint density at radius 1 is 0.884 bits per heavy atom. The summed E-state index contributed by atoms with van der Waals surface area (Å²) < 4.78 is 95.4. The zero-order chi connectivity index (χ0) is 31.9. The van der Waals surface area contributed by atoms with Gasteiger partial charge in [-0.1, -0.05) is 6.07 Å². The third-order valence-corrected chi connectivity index (χ3v) is 7.92. The number of benzene rings is 2. The van der Waals surface area contributed by atoms with Gasteiger partial charge in [0.15, 0.2) is 0 Å². The van der Waals surface area contributed by atoms with E-state index in [1.165, 1.54) is 45.3 Å². The van der Waals surface area contributed by atoms with E-state index in [-0.39, 0.29) is 23.9 Å². The summed E-state index contributed by atoms with van der Waals surface area (Å²) in [6, 6.07) is 6.91. The molecule has 2 N–H and O–H groups in total. The first-order valence-electron chi connectivity index (χ1n) is 13.7. The Bertz CT molecular complexity index is 1460. The largest absolute Gasteiger partial charge is 0.416 e. The van der Waals surface area contributed by atoms with Crippen LogP contribution in [0.25, 0.3) is 11.1 Å². The molecule has 0 unspecified atom stereocenters. The molecule has 0 aliphatic heterocycles. The lowest BCUT2D eigenvalue weighted by Gasteiger charge is -2.32. The second-order valence-corrected chi connectivity index (χ2v) is 11.5. The molecule has 1 heterocycles. The fourth-order valence-electron chi connectivity index (χ4n) is 5.34. The van der Waals surface area contributed by atoms with E-state index in [1.807, 2.05) is 0 Å². The van der Waals surface area contributed by atoms with E-state index in [2.05, 4.69) is 10.3 Å². The van der Waals surface area contributed by atoms with Gasteiger partial charge in [-0.25, -0.2) is 9.37 Å². The van der Waals surface area contributed by atoms with Gasteiger partial charge in [0.1, 0.15) is 11.6 Å². The van der Waals surface area contributed by atoms with E-state index in [4.69, 9.17) is 0 Å². The SMILES string of the molecule is Cc1cc(F)ccc1-c1cc(NC2CCC(O)CC2)ncc1N(C)C(=O)C(C)(C)c1cc(C(F)(F)F)cc(C(F)(F)F)c1. The number of hydrogen-bond acceptors (Lipinski definition) is 4. The van der Waals surface area contributed by atoms with Crippen molar-refractivity contribution in [3.05, 3.63) is 76.7 Å². The number of hydrogen-bond donors (Lipinski definition) is 2. The number of alkyl halides is 6. The molecule has 0 bridgehead atoms. The van der Waals surface area contributed by atoms with Crippen molar-refractivity contribution in [2.75, 3.05) is 17.3 Å². The number of amides is 1. The number of carbonyl (C=O) groups excluding carboxylic acids is 1. The molecule has 1 saturated carbocycles. The van der Waals surface area contributed by atoms with E-state index in [1.54, 1.807) is 13.0 Å². The number of aliphatic hydroxyl groups is 1. The van der Waals surface area contributed by atoms with E-state index < -0.39 is 46.2 Å². The molecule has 1 fully saturated rings. The summed E-state index contributed by atoms with van der Waals surface area (Å²) >= 11 is 0. The Kier molecular flexibility index (Phi) is 8.84. The predicted molar refractivity (Wildman–Crippen MR) is 149 cm³/mol. The number of pyridine rings is 1. The number of halogens is 7. The molecule has 232 valence electrons. The van der Waals surface area contributed by atoms with Crippen molar-refractivity contribution < 1.29 is 40.6 Å². The van der Waals surface area contributed by atoms with E-state index in [0.717, 1.165) is 4.90 Å². The normalized spacial score (nSPS) is 18.0. The Morgan fingerprint density at radius 2 is 1.44 bits per heavy atom. The van der Waals surface area contributed by atoms with Gasteiger partial charge in [-0.2, -0.15) is 26.3 Å². The molecular weight excluding hydrogens is 579 g/mol. The number of nitrogens with zero attached hydrogens (tertiary/aromatic N) is 2. The van der Waals surface area contributed by atoms with Gasteiger partial charge in [0.05, 0.1) is 34.5 Å². The Morgan fingerprint density at radius 3 is 1.98 bits per heavy atom. The first kappa shape index (κ1) is 32.2. The topological polar surface area (TPSA) is 65.5 Å². The molecule has 2 aromatic carbocycles. The summed E-state index contributed by atoms with van der Waals surface area (Å²) in [5.74, 6) is -0.812. The van der Waals surface area contributed by atoms with E-state index in [9.17, 15) is 40.6 Å². The van der Waals surface area contributed by atoms with Crippen LogP contribution in [0.4, 0.5) is 42.2 Å². The molecule has 12 heteroatoms. The summed E-state index contributed by atoms with van der Waals surface area (Å²) in [4.78, 5) is 19.5.